The molecule has 1 aromatic carbocycles. The van der Waals surface area contributed by atoms with Gasteiger partial charge >= 0.3 is 0 Å². The molecule has 0 aliphatic heterocycles. The first-order chi connectivity index (χ1) is 8.19. The van der Waals surface area contributed by atoms with E-state index in [0.717, 1.165) is 18.4 Å². The third-order valence-electron chi connectivity index (χ3n) is 4.15. The maximum Gasteiger partial charge on any atom is -0.00461 e. The van der Waals surface area contributed by atoms with Crippen LogP contribution in [0.1, 0.15) is 42.4 Å². The number of hydrogen-bond donors (Lipinski definition) is 1. The molecule has 0 radical (unpaired) electrons. The summed E-state index contributed by atoms with van der Waals surface area (Å²) < 4.78 is 0. The quantitative estimate of drug-likeness (QED) is 0.845. The molecule has 1 aliphatic carbocycles. The lowest BCUT2D eigenvalue weighted by Gasteiger charge is -2.30. The first kappa shape index (κ1) is 12.6. The van der Waals surface area contributed by atoms with E-state index in [2.05, 4.69) is 32.0 Å². The Kier molecular flexibility index (Phi) is 4.22. The monoisotopic (exact) mass is 231 g/mol. The van der Waals surface area contributed by atoms with Gasteiger partial charge in [-0.05, 0) is 57.1 Å². The maximum atomic E-state index is 5.91. The van der Waals surface area contributed by atoms with Crippen molar-refractivity contribution in [2.45, 2.75) is 46.0 Å². The molecule has 0 heterocycles. The largest absolute Gasteiger partial charge is 0.330 e. The lowest BCUT2D eigenvalue weighted by Crippen LogP contribution is -2.28. The molecule has 2 rings (SSSR count). The zero-order valence-electron chi connectivity index (χ0n) is 11.2. The molecule has 2 atom stereocenters. The summed E-state index contributed by atoms with van der Waals surface area (Å²) in [5, 5.41) is 0. The summed E-state index contributed by atoms with van der Waals surface area (Å²) in [6, 6.07) is 6.94. The van der Waals surface area contributed by atoms with E-state index in [1.54, 1.807) is 0 Å². The standard InChI is InChI=1S/C16H25N/c1-12-7-13(2)9-14(8-12)10-15-5-3-4-6-16(15)11-17/h7-9,15-16H,3-6,10-11,17H2,1-2H3. The van der Waals surface area contributed by atoms with Gasteiger partial charge in [0.05, 0.1) is 0 Å². The van der Waals surface area contributed by atoms with E-state index in [9.17, 15) is 0 Å². The summed E-state index contributed by atoms with van der Waals surface area (Å²) in [4.78, 5) is 0. The van der Waals surface area contributed by atoms with Gasteiger partial charge in [0.15, 0.2) is 0 Å². The van der Waals surface area contributed by atoms with Crippen molar-refractivity contribution in [1.82, 2.24) is 0 Å². The highest BCUT2D eigenvalue weighted by Crippen LogP contribution is 2.32. The molecule has 0 saturated heterocycles. The molecule has 1 aliphatic rings. The Morgan fingerprint density at radius 1 is 1.00 bits per heavy atom. The van der Waals surface area contributed by atoms with Crippen molar-refractivity contribution in [2.75, 3.05) is 6.54 Å². The van der Waals surface area contributed by atoms with Gasteiger partial charge in [-0.1, -0.05) is 42.2 Å². The number of hydrogen-bond acceptors (Lipinski definition) is 1. The molecule has 2 unspecified atom stereocenters. The van der Waals surface area contributed by atoms with Crippen LogP contribution in [0.3, 0.4) is 0 Å². The van der Waals surface area contributed by atoms with Crippen LogP contribution in [0.25, 0.3) is 0 Å². The Morgan fingerprint density at radius 2 is 1.59 bits per heavy atom. The molecule has 1 heteroatoms. The molecule has 2 N–H and O–H groups in total. The SMILES string of the molecule is Cc1cc(C)cc(CC2CCCCC2CN)c1. The predicted octanol–water partition coefficient (Wildman–Crippen LogP) is 3.61. The topological polar surface area (TPSA) is 26.0 Å². The van der Waals surface area contributed by atoms with E-state index in [1.807, 2.05) is 0 Å². The van der Waals surface area contributed by atoms with Crippen LogP contribution in [0.2, 0.25) is 0 Å². The second-order valence-electron chi connectivity index (χ2n) is 5.74. The first-order valence-electron chi connectivity index (χ1n) is 6.96. The van der Waals surface area contributed by atoms with Crippen LogP contribution in [0.5, 0.6) is 0 Å². The van der Waals surface area contributed by atoms with Gasteiger partial charge < -0.3 is 5.73 Å². The fraction of sp³-hybridized carbons (Fsp3) is 0.625. The fourth-order valence-corrected chi connectivity index (χ4v) is 3.35. The summed E-state index contributed by atoms with van der Waals surface area (Å²) in [6.45, 7) is 5.25. The minimum atomic E-state index is 0.754. The molecular formula is C16H25N. The van der Waals surface area contributed by atoms with Gasteiger partial charge in [-0.15, -0.1) is 0 Å². The van der Waals surface area contributed by atoms with E-state index in [1.165, 1.54) is 48.8 Å². The average Bonchev–Trinajstić information content (AvgIpc) is 2.28. The van der Waals surface area contributed by atoms with Gasteiger partial charge in [0.25, 0.3) is 0 Å². The highest BCUT2D eigenvalue weighted by Gasteiger charge is 2.23. The van der Waals surface area contributed by atoms with E-state index in [4.69, 9.17) is 5.73 Å². The van der Waals surface area contributed by atoms with Crippen LogP contribution in [0.15, 0.2) is 18.2 Å². The molecule has 17 heavy (non-hydrogen) atoms. The third-order valence-corrected chi connectivity index (χ3v) is 4.15. The van der Waals surface area contributed by atoms with Gasteiger partial charge in [-0.3, -0.25) is 0 Å². The minimum Gasteiger partial charge on any atom is -0.330 e. The van der Waals surface area contributed by atoms with E-state index in [-0.39, 0.29) is 0 Å². The van der Waals surface area contributed by atoms with Gasteiger partial charge in [0.2, 0.25) is 0 Å². The third kappa shape index (κ3) is 3.32. The molecule has 1 aromatic rings. The molecule has 0 aromatic heterocycles. The Balaban J connectivity index is 2.08. The number of rotatable bonds is 3. The molecule has 1 fully saturated rings. The number of aryl methyl sites for hydroxylation is 2. The van der Waals surface area contributed by atoms with E-state index < -0.39 is 0 Å². The van der Waals surface area contributed by atoms with Gasteiger partial charge in [-0.2, -0.15) is 0 Å². The number of nitrogens with two attached hydrogens (primary N) is 1. The van der Waals surface area contributed by atoms with Crippen molar-refractivity contribution < 1.29 is 0 Å². The van der Waals surface area contributed by atoms with Crippen molar-refractivity contribution in [3.8, 4) is 0 Å². The summed E-state index contributed by atoms with van der Waals surface area (Å²) in [7, 11) is 0. The Bertz CT molecular complexity index is 350. The zero-order valence-corrected chi connectivity index (χ0v) is 11.2. The van der Waals surface area contributed by atoms with Gasteiger partial charge in [-0.25, -0.2) is 0 Å². The van der Waals surface area contributed by atoms with Crippen LogP contribution in [-0.2, 0) is 6.42 Å². The Hall–Kier alpha value is -0.820. The molecular weight excluding hydrogens is 206 g/mol. The normalized spacial score (nSPS) is 24.9. The summed E-state index contributed by atoms with van der Waals surface area (Å²) in [5.41, 5.74) is 10.2. The molecule has 1 nitrogen and oxygen atoms in total. The summed E-state index contributed by atoms with van der Waals surface area (Å²) >= 11 is 0. The Morgan fingerprint density at radius 3 is 2.18 bits per heavy atom. The van der Waals surface area contributed by atoms with Crippen molar-refractivity contribution in [3.05, 3.63) is 34.9 Å². The second kappa shape index (κ2) is 5.68. The lowest BCUT2D eigenvalue weighted by molar-refractivity contribution is 0.242. The molecule has 1 saturated carbocycles. The number of benzene rings is 1. The summed E-state index contributed by atoms with van der Waals surface area (Å²) in [6.07, 6.45) is 6.71. The van der Waals surface area contributed by atoms with E-state index in [0.29, 0.717) is 0 Å². The van der Waals surface area contributed by atoms with Crippen molar-refractivity contribution >= 4 is 0 Å². The van der Waals surface area contributed by atoms with Gasteiger partial charge in [0, 0.05) is 0 Å². The molecule has 0 amide bonds. The fourth-order valence-electron chi connectivity index (χ4n) is 3.35. The van der Waals surface area contributed by atoms with Crippen LogP contribution in [-0.4, -0.2) is 6.54 Å². The maximum absolute atomic E-state index is 5.91. The van der Waals surface area contributed by atoms with Crippen LogP contribution >= 0.6 is 0 Å². The van der Waals surface area contributed by atoms with E-state index >= 15 is 0 Å². The first-order valence-corrected chi connectivity index (χ1v) is 6.96. The van der Waals surface area contributed by atoms with Crippen molar-refractivity contribution in [3.63, 3.8) is 0 Å². The highest BCUT2D eigenvalue weighted by atomic mass is 14.6. The van der Waals surface area contributed by atoms with Crippen LogP contribution in [0, 0.1) is 25.7 Å². The Labute approximate surface area is 105 Å². The minimum absolute atomic E-state index is 0.754. The highest BCUT2D eigenvalue weighted by molar-refractivity contribution is 5.28. The predicted molar refractivity (Wildman–Crippen MR) is 74.1 cm³/mol. The van der Waals surface area contributed by atoms with Crippen molar-refractivity contribution in [1.29, 1.82) is 0 Å². The van der Waals surface area contributed by atoms with Gasteiger partial charge in [0.1, 0.15) is 0 Å². The molecule has 94 valence electrons. The zero-order chi connectivity index (χ0) is 12.3. The average molecular weight is 231 g/mol. The van der Waals surface area contributed by atoms with Crippen molar-refractivity contribution in [2.24, 2.45) is 17.6 Å². The smallest absolute Gasteiger partial charge is 0.00461 e. The lowest BCUT2D eigenvalue weighted by atomic mass is 9.76. The molecule has 0 spiro atoms. The second-order valence-corrected chi connectivity index (χ2v) is 5.74. The van der Waals surface area contributed by atoms with Crippen LogP contribution < -0.4 is 5.73 Å². The van der Waals surface area contributed by atoms with Crippen LogP contribution in [0.4, 0.5) is 0 Å². The molecule has 0 bridgehead atoms. The summed E-state index contributed by atoms with van der Waals surface area (Å²) in [5.74, 6) is 1.57.